The van der Waals surface area contributed by atoms with Gasteiger partial charge in [-0.05, 0) is 63.4 Å². The molecule has 3 nitrogen and oxygen atoms in total. The monoisotopic (exact) mass is 303 g/mol. The van der Waals surface area contributed by atoms with Crippen molar-refractivity contribution in [3.05, 3.63) is 29.3 Å². The van der Waals surface area contributed by atoms with E-state index in [9.17, 15) is 5.11 Å². The number of fused-ring (bicyclic) bond motifs is 1. The first-order valence-corrected chi connectivity index (χ1v) is 8.65. The van der Waals surface area contributed by atoms with Gasteiger partial charge < -0.3 is 9.84 Å². The molecule has 1 N–H and O–H groups in total. The fourth-order valence-corrected chi connectivity index (χ4v) is 3.98. The Morgan fingerprint density at radius 3 is 2.50 bits per heavy atom. The molecule has 22 heavy (non-hydrogen) atoms. The van der Waals surface area contributed by atoms with Crippen LogP contribution in [0.25, 0.3) is 0 Å². The maximum Gasteiger partial charge on any atom is 0.126 e. The molecule has 2 unspecified atom stereocenters. The van der Waals surface area contributed by atoms with Gasteiger partial charge in [-0.1, -0.05) is 26.3 Å². The zero-order chi connectivity index (χ0) is 15.9. The Bertz CT molecular complexity index is 532. The van der Waals surface area contributed by atoms with Gasteiger partial charge in [0.2, 0.25) is 0 Å². The van der Waals surface area contributed by atoms with Crippen LogP contribution in [0.2, 0.25) is 0 Å². The SMILES string of the molecule is CC(C)c1ccc2c(c1)C(O)C(N1CCCCC1)C(C)(C)O2. The molecule has 0 amide bonds. The van der Waals surface area contributed by atoms with E-state index < -0.39 is 6.10 Å². The fraction of sp³-hybridized carbons (Fsp3) is 0.684. The highest BCUT2D eigenvalue weighted by molar-refractivity contribution is 5.43. The van der Waals surface area contributed by atoms with Gasteiger partial charge in [-0.15, -0.1) is 0 Å². The van der Waals surface area contributed by atoms with E-state index in [0.717, 1.165) is 24.4 Å². The van der Waals surface area contributed by atoms with Crippen molar-refractivity contribution in [2.45, 2.75) is 70.6 Å². The zero-order valence-electron chi connectivity index (χ0n) is 14.3. The van der Waals surface area contributed by atoms with Crippen LogP contribution in [0.4, 0.5) is 0 Å². The lowest BCUT2D eigenvalue weighted by molar-refractivity contribution is -0.0873. The Kier molecular flexibility index (Phi) is 4.21. The van der Waals surface area contributed by atoms with Gasteiger partial charge in [0.15, 0.2) is 0 Å². The van der Waals surface area contributed by atoms with Crippen LogP contribution in [0.3, 0.4) is 0 Å². The van der Waals surface area contributed by atoms with Crippen LogP contribution in [0.15, 0.2) is 18.2 Å². The number of piperidine rings is 1. The highest BCUT2D eigenvalue weighted by atomic mass is 16.5. The van der Waals surface area contributed by atoms with E-state index in [1.807, 2.05) is 6.07 Å². The number of nitrogens with zero attached hydrogens (tertiary/aromatic N) is 1. The molecule has 2 heterocycles. The van der Waals surface area contributed by atoms with Gasteiger partial charge in [0.25, 0.3) is 0 Å². The number of hydrogen-bond acceptors (Lipinski definition) is 3. The van der Waals surface area contributed by atoms with E-state index >= 15 is 0 Å². The van der Waals surface area contributed by atoms with Crippen molar-refractivity contribution in [2.24, 2.45) is 0 Å². The van der Waals surface area contributed by atoms with Crippen molar-refractivity contribution in [3.63, 3.8) is 0 Å². The van der Waals surface area contributed by atoms with Crippen molar-refractivity contribution in [3.8, 4) is 5.75 Å². The summed E-state index contributed by atoms with van der Waals surface area (Å²) < 4.78 is 6.29. The minimum Gasteiger partial charge on any atom is -0.486 e. The predicted molar refractivity (Wildman–Crippen MR) is 89.4 cm³/mol. The third kappa shape index (κ3) is 2.77. The molecule has 0 saturated carbocycles. The lowest BCUT2D eigenvalue weighted by atomic mass is 9.83. The molecule has 2 aliphatic heterocycles. The summed E-state index contributed by atoms with van der Waals surface area (Å²) in [7, 11) is 0. The average Bonchev–Trinajstić information content (AvgIpc) is 2.47. The quantitative estimate of drug-likeness (QED) is 0.900. The first-order chi connectivity index (χ1) is 10.4. The summed E-state index contributed by atoms with van der Waals surface area (Å²) in [5.74, 6) is 1.30. The minimum atomic E-state index is -0.476. The number of hydrogen-bond donors (Lipinski definition) is 1. The number of aliphatic hydroxyl groups excluding tert-OH is 1. The molecule has 3 rings (SSSR count). The fourth-order valence-electron chi connectivity index (χ4n) is 3.98. The van der Waals surface area contributed by atoms with Crippen molar-refractivity contribution in [1.82, 2.24) is 4.90 Å². The second-order valence-electron chi connectivity index (χ2n) is 7.64. The Morgan fingerprint density at radius 1 is 1.18 bits per heavy atom. The number of ether oxygens (including phenoxy) is 1. The van der Waals surface area contributed by atoms with Crippen LogP contribution in [-0.2, 0) is 0 Å². The summed E-state index contributed by atoms with van der Waals surface area (Å²) in [5.41, 5.74) is 1.85. The first-order valence-electron chi connectivity index (χ1n) is 8.65. The van der Waals surface area contributed by atoms with Crippen molar-refractivity contribution in [2.75, 3.05) is 13.1 Å². The highest BCUT2D eigenvalue weighted by Crippen LogP contribution is 2.43. The molecule has 1 saturated heterocycles. The number of aliphatic hydroxyl groups is 1. The first kappa shape index (κ1) is 15.8. The van der Waals surface area contributed by atoms with Crippen LogP contribution < -0.4 is 4.74 Å². The molecule has 2 atom stereocenters. The molecule has 0 bridgehead atoms. The third-order valence-corrected chi connectivity index (χ3v) is 5.19. The number of rotatable bonds is 2. The van der Waals surface area contributed by atoms with Gasteiger partial charge in [0.1, 0.15) is 17.5 Å². The maximum atomic E-state index is 11.1. The van der Waals surface area contributed by atoms with E-state index in [1.165, 1.54) is 24.8 Å². The number of benzene rings is 1. The van der Waals surface area contributed by atoms with Crippen LogP contribution in [-0.4, -0.2) is 34.7 Å². The molecule has 3 heteroatoms. The molecular formula is C19H29NO2. The van der Waals surface area contributed by atoms with Gasteiger partial charge in [0.05, 0.1) is 6.04 Å². The van der Waals surface area contributed by atoms with E-state index in [-0.39, 0.29) is 11.6 Å². The zero-order valence-corrected chi connectivity index (χ0v) is 14.3. The molecule has 1 aromatic rings. The van der Waals surface area contributed by atoms with E-state index in [0.29, 0.717) is 5.92 Å². The van der Waals surface area contributed by atoms with Crippen molar-refractivity contribution >= 4 is 0 Å². The van der Waals surface area contributed by atoms with Gasteiger partial charge >= 0.3 is 0 Å². The molecule has 0 spiro atoms. The Hall–Kier alpha value is -1.06. The molecule has 2 aliphatic rings. The molecule has 0 aromatic heterocycles. The van der Waals surface area contributed by atoms with Gasteiger partial charge in [0, 0.05) is 5.56 Å². The van der Waals surface area contributed by atoms with Crippen LogP contribution >= 0.6 is 0 Å². The van der Waals surface area contributed by atoms with E-state index in [4.69, 9.17) is 4.74 Å². The standard InChI is InChI=1S/C19H29NO2/c1-13(2)14-8-9-16-15(12-14)17(21)18(19(3,4)22-16)20-10-6-5-7-11-20/h8-9,12-13,17-18,21H,5-7,10-11H2,1-4H3. The van der Waals surface area contributed by atoms with Crippen molar-refractivity contribution < 1.29 is 9.84 Å². The third-order valence-electron chi connectivity index (χ3n) is 5.19. The van der Waals surface area contributed by atoms with Crippen LogP contribution in [0, 0.1) is 0 Å². The summed E-state index contributed by atoms with van der Waals surface area (Å²) >= 11 is 0. The van der Waals surface area contributed by atoms with E-state index in [2.05, 4.69) is 44.7 Å². The maximum absolute atomic E-state index is 11.1. The second kappa shape index (κ2) is 5.86. The average molecular weight is 303 g/mol. The summed E-state index contributed by atoms with van der Waals surface area (Å²) in [5, 5.41) is 11.1. The molecule has 1 aromatic carbocycles. The summed E-state index contributed by atoms with van der Waals surface area (Å²) in [6.45, 7) is 10.7. The minimum absolute atomic E-state index is 0.0303. The van der Waals surface area contributed by atoms with E-state index in [1.54, 1.807) is 0 Å². The molecule has 0 radical (unpaired) electrons. The van der Waals surface area contributed by atoms with Gasteiger partial charge in [-0.2, -0.15) is 0 Å². The molecule has 1 fully saturated rings. The van der Waals surface area contributed by atoms with Crippen LogP contribution in [0.1, 0.15) is 70.1 Å². The molecule has 122 valence electrons. The molecule has 0 aliphatic carbocycles. The van der Waals surface area contributed by atoms with Crippen LogP contribution in [0.5, 0.6) is 5.75 Å². The second-order valence-corrected chi connectivity index (χ2v) is 7.64. The van der Waals surface area contributed by atoms with Gasteiger partial charge in [-0.3, -0.25) is 4.90 Å². The predicted octanol–water partition coefficient (Wildman–Crippen LogP) is 3.87. The smallest absolute Gasteiger partial charge is 0.126 e. The number of likely N-dealkylation sites (tertiary alicyclic amines) is 1. The lowest BCUT2D eigenvalue weighted by Gasteiger charge is -2.49. The Morgan fingerprint density at radius 2 is 1.86 bits per heavy atom. The highest BCUT2D eigenvalue weighted by Gasteiger charge is 2.46. The lowest BCUT2D eigenvalue weighted by Crippen LogP contribution is -2.59. The topological polar surface area (TPSA) is 32.7 Å². The normalized spacial score (nSPS) is 28.3. The van der Waals surface area contributed by atoms with Crippen molar-refractivity contribution in [1.29, 1.82) is 0 Å². The summed E-state index contributed by atoms with van der Waals surface area (Å²) in [6, 6.07) is 6.31. The largest absolute Gasteiger partial charge is 0.486 e. The summed E-state index contributed by atoms with van der Waals surface area (Å²) in [6.07, 6.45) is 3.26. The molecular weight excluding hydrogens is 274 g/mol. The summed E-state index contributed by atoms with van der Waals surface area (Å²) in [4.78, 5) is 2.43. The van der Waals surface area contributed by atoms with Gasteiger partial charge in [-0.25, -0.2) is 0 Å². The Balaban J connectivity index is 1.97. The Labute approximate surface area is 134 Å².